The van der Waals surface area contributed by atoms with Gasteiger partial charge in [-0.2, -0.15) is 0 Å². The molecule has 0 bridgehead atoms. The molecular formula is C20H25ClN2O. The fraction of sp³-hybridized carbons (Fsp3) is 0.400. The zero-order chi connectivity index (χ0) is 16.9. The normalized spacial score (nSPS) is 19.4. The van der Waals surface area contributed by atoms with Gasteiger partial charge in [-0.15, -0.1) is 11.6 Å². The molecule has 0 N–H and O–H groups in total. The highest BCUT2D eigenvalue weighted by atomic mass is 35.5. The van der Waals surface area contributed by atoms with Crippen LogP contribution in [0.15, 0.2) is 48.5 Å². The van der Waals surface area contributed by atoms with Gasteiger partial charge in [-0.3, -0.25) is 9.80 Å². The van der Waals surface area contributed by atoms with Crippen molar-refractivity contribution in [3.63, 3.8) is 0 Å². The topological polar surface area (TPSA) is 15.7 Å². The van der Waals surface area contributed by atoms with Crippen molar-refractivity contribution in [2.45, 2.75) is 13.0 Å². The molecule has 1 unspecified atom stereocenters. The van der Waals surface area contributed by atoms with Crippen LogP contribution in [-0.2, 0) is 0 Å². The van der Waals surface area contributed by atoms with E-state index in [0.717, 1.165) is 31.9 Å². The van der Waals surface area contributed by atoms with Crippen molar-refractivity contribution in [1.82, 2.24) is 9.80 Å². The second-order valence-electron chi connectivity index (χ2n) is 6.17. The Morgan fingerprint density at radius 2 is 1.92 bits per heavy atom. The van der Waals surface area contributed by atoms with Gasteiger partial charge in [0.1, 0.15) is 5.75 Å². The van der Waals surface area contributed by atoms with Crippen LogP contribution in [0.2, 0.25) is 0 Å². The Kier molecular flexibility index (Phi) is 5.77. The number of piperazine rings is 1. The lowest BCUT2D eigenvalue weighted by atomic mass is 10.0. The van der Waals surface area contributed by atoms with Crippen LogP contribution in [0.4, 0.5) is 0 Å². The van der Waals surface area contributed by atoms with E-state index in [4.69, 9.17) is 16.3 Å². The number of alkyl halides is 1. The highest BCUT2D eigenvalue weighted by Crippen LogP contribution is 2.43. The number of ether oxygens (including phenoxy) is 1. The zero-order valence-corrected chi connectivity index (χ0v) is 15.2. The van der Waals surface area contributed by atoms with Crippen LogP contribution in [0.5, 0.6) is 5.75 Å². The van der Waals surface area contributed by atoms with Gasteiger partial charge in [-0.05, 0) is 29.8 Å². The Bertz CT molecular complexity index is 662. The lowest BCUT2D eigenvalue weighted by Gasteiger charge is -2.40. The molecule has 2 aliphatic carbocycles. The summed E-state index contributed by atoms with van der Waals surface area (Å²) >= 11 is 5.93. The highest BCUT2D eigenvalue weighted by Gasteiger charge is 2.26. The van der Waals surface area contributed by atoms with Crippen LogP contribution in [0, 0.1) is 0 Å². The molecular weight excluding hydrogens is 320 g/mol. The first kappa shape index (κ1) is 17.3. The Hall–Kier alpha value is -1.55. The lowest BCUT2D eigenvalue weighted by Crippen LogP contribution is -2.47. The number of benzene rings is 2. The van der Waals surface area contributed by atoms with E-state index in [1.165, 1.54) is 16.7 Å². The van der Waals surface area contributed by atoms with E-state index in [0.29, 0.717) is 12.0 Å². The third-order valence-corrected chi connectivity index (χ3v) is 5.10. The van der Waals surface area contributed by atoms with Gasteiger partial charge < -0.3 is 4.74 Å². The van der Waals surface area contributed by atoms with E-state index in [1.54, 1.807) is 7.11 Å². The average Bonchev–Trinajstić information content (AvgIpc) is 3.33. The maximum absolute atomic E-state index is 5.93. The van der Waals surface area contributed by atoms with Gasteiger partial charge in [0.15, 0.2) is 0 Å². The summed E-state index contributed by atoms with van der Waals surface area (Å²) in [5.74, 6) is 1.01. The van der Waals surface area contributed by atoms with Gasteiger partial charge in [0.2, 0.25) is 0 Å². The third-order valence-electron chi connectivity index (χ3n) is 4.76. The number of fused-ring (bicyclic) bond motifs is 1. The van der Waals surface area contributed by atoms with E-state index in [1.807, 2.05) is 6.07 Å². The molecule has 0 amide bonds. The van der Waals surface area contributed by atoms with Crippen molar-refractivity contribution in [3.05, 3.63) is 54.1 Å². The summed E-state index contributed by atoms with van der Waals surface area (Å²) in [6.45, 7) is 6.58. The molecule has 1 fully saturated rings. The predicted molar refractivity (Wildman–Crippen MR) is 101 cm³/mol. The van der Waals surface area contributed by atoms with Crippen molar-refractivity contribution in [3.8, 4) is 16.9 Å². The molecule has 1 aliphatic heterocycles. The first-order chi connectivity index (χ1) is 11.8. The molecule has 1 aromatic carbocycles. The summed E-state index contributed by atoms with van der Waals surface area (Å²) in [5, 5.41) is 0. The molecule has 24 heavy (non-hydrogen) atoms. The number of methoxy groups -OCH3 is 1. The summed E-state index contributed by atoms with van der Waals surface area (Å²) < 4.78 is 5.01. The van der Waals surface area contributed by atoms with Gasteiger partial charge in [0, 0.05) is 31.2 Å². The summed E-state index contributed by atoms with van der Waals surface area (Å²) in [7, 11) is 1.70. The first-order valence-electron chi connectivity index (χ1n) is 8.52. The van der Waals surface area contributed by atoms with Crippen LogP contribution >= 0.6 is 11.6 Å². The lowest BCUT2D eigenvalue weighted by molar-refractivity contribution is 0.0903. The predicted octanol–water partition coefficient (Wildman–Crippen LogP) is 4.24. The molecule has 0 aromatic heterocycles. The zero-order valence-electron chi connectivity index (χ0n) is 14.4. The van der Waals surface area contributed by atoms with E-state index in [9.17, 15) is 0 Å². The molecule has 128 valence electrons. The third kappa shape index (κ3) is 3.92. The van der Waals surface area contributed by atoms with Gasteiger partial charge >= 0.3 is 0 Å². The van der Waals surface area contributed by atoms with Crippen LogP contribution in [0.25, 0.3) is 11.1 Å². The maximum Gasteiger partial charge on any atom is 0.126 e. The van der Waals surface area contributed by atoms with E-state index < -0.39 is 0 Å². The van der Waals surface area contributed by atoms with Gasteiger partial charge in [-0.1, -0.05) is 43.3 Å². The van der Waals surface area contributed by atoms with Crippen molar-refractivity contribution >= 4 is 11.6 Å². The molecule has 0 radical (unpaired) electrons. The molecule has 1 saturated heterocycles. The average molecular weight is 345 g/mol. The minimum absolute atomic E-state index is 0.499. The quantitative estimate of drug-likeness (QED) is 0.520. The minimum atomic E-state index is 0.499. The van der Waals surface area contributed by atoms with Crippen LogP contribution < -0.4 is 4.74 Å². The summed E-state index contributed by atoms with van der Waals surface area (Å²) in [4.78, 5) is 4.84. The Morgan fingerprint density at radius 3 is 2.42 bits per heavy atom. The largest absolute Gasteiger partial charge is 0.496 e. The number of rotatable bonds is 4. The minimum Gasteiger partial charge on any atom is -0.496 e. The van der Waals surface area contributed by atoms with E-state index in [-0.39, 0.29) is 0 Å². The fourth-order valence-corrected chi connectivity index (χ4v) is 3.48. The van der Waals surface area contributed by atoms with Gasteiger partial charge in [-0.25, -0.2) is 0 Å². The molecule has 1 aromatic rings. The maximum atomic E-state index is 5.93. The van der Waals surface area contributed by atoms with Crippen molar-refractivity contribution in [2.75, 3.05) is 39.3 Å². The number of likely N-dealkylation sites (N-methyl/N-ethyl adjacent to an activating group) is 1. The van der Waals surface area contributed by atoms with E-state index in [2.05, 4.69) is 59.2 Å². The molecule has 3 aliphatic rings. The van der Waals surface area contributed by atoms with Crippen LogP contribution in [-0.4, -0.2) is 49.1 Å². The molecule has 4 rings (SSSR count). The summed E-state index contributed by atoms with van der Waals surface area (Å²) in [5.41, 5.74) is 4.02. The van der Waals surface area contributed by atoms with Crippen molar-refractivity contribution < 1.29 is 4.74 Å². The Balaban J connectivity index is 0.000000175. The molecule has 1 atom stereocenters. The Labute approximate surface area is 149 Å². The van der Waals surface area contributed by atoms with Crippen LogP contribution in [0.3, 0.4) is 0 Å². The molecule has 4 heteroatoms. The smallest absolute Gasteiger partial charge is 0.126 e. The number of hydrogen-bond acceptors (Lipinski definition) is 3. The molecule has 0 spiro atoms. The highest BCUT2D eigenvalue weighted by molar-refractivity contribution is 6.17. The van der Waals surface area contributed by atoms with Crippen molar-refractivity contribution in [1.29, 1.82) is 0 Å². The summed E-state index contributed by atoms with van der Waals surface area (Å²) in [6, 6.07) is 18.0. The van der Waals surface area contributed by atoms with Gasteiger partial charge in [0.25, 0.3) is 0 Å². The first-order valence-corrected chi connectivity index (χ1v) is 9.06. The second-order valence-corrected chi connectivity index (χ2v) is 6.41. The summed E-state index contributed by atoms with van der Waals surface area (Å²) in [6.07, 6.45) is 0. The molecule has 3 nitrogen and oxygen atoms in total. The Morgan fingerprint density at radius 1 is 1.12 bits per heavy atom. The fourth-order valence-electron chi connectivity index (χ4n) is 3.26. The molecule has 1 heterocycles. The SMILES string of the molecule is CCN1CCN(CCl)CC1c1ccccc1.COc1ccc2cc1-2. The molecule has 0 saturated carbocycles. The number of halogens is 1. The van der Waals surface area contributed by atoms with Gasteiger partial charge in [0.05, 0.1) is 13.1 Å². The standard InChI is InChI=1S/C13H19ClN2.C7H6O/c1-2-16-9-8-15(11-14)10-13(16)12-6-4-3-5-7-12;1-8-7-3-2-5-4-6(5)7/h3-7,13H,2,8-11H2,1H3;2-4H,1H3. The van der Waals surface area contributed by atoms with Crippen molar-refractivity contribution in [2.24, 2.45) is 0 Å². The van der Waals surface area contributed by atoms with E-state index >= 15 is 0 Å². The van der Waals surface area contributed by atoms with Crippen LogP contribution in [0.1, 0.15) is 18.5 Å². The second kappa shape index (κ2) is 8.02. The number of nitrogens with zero attached hydrogens (tertiary/aromatic N) is 2. The monoisotopic (exact) mass is 344 g/mol. The number of hydrogen-bond donors (Lipinski definition) is 0.